The number of carbonyl (C=O) groups is 1. The molecule has 0 fully saturated rings. The summed E-state index contributed by atoms with van der Waals surface area (Å²) in [5.41, 5.74) is -0.403. The van der Waals surface area contributed by atoms with Crippen LogP contribution in [0.3, 0.4) is 0 Å². The van der Waals surface area contributed by atoms with E-state index >= 15 is 0 Å². The van der Waals surface area contributed by atoms with Crippen molar-refractivity contribution >= 4 is 28.8 Å². The van der Waals surface area contributed by atoms with Gasteiger partial charge in [-0.25, -0.2) is 12.5 Å². The molecule has 0 aromatic carbocycles. The maximum absolute atomic E-state index is 12.6. The van der Waals surface area contributed by atoms with Crippen LogP contribution in [-0.4, -0.2) is 45.1 Å². The summed E-state index contributed by atoms with van der Waals surface area (Å²) < 4.78 is 52.2. The highest BCUT2D eigenvalue weighted by Gasteiger charge is 2.42. The highest BCUT2D eigenvalue weighted by atomic mass is 32.2. The van der Waals surface area contributed by atoms with Crippen molar-refractivity contribution in [2.75, 3.05) is 26.0 Å². The van der Waals surface area contributed by atoms with E-state index in [1.54, 1.807) is 6.08 Å². The molecule has 2 rings (SSSR count). The molecule has 1 aliphatic rings. The summed E-state index contributed by atoms with van der Waals surface area (Å²) in [5, 5.41) is 2.83. The predicted molar refractivity (Wildman–Crippen MR) is 69.6 cm³/mol. The van der Waals surface area contributed by atoms with Crippen LogP contribution >= 0.6 is 0 Å². The summed E-state index contributed by atoms with van der Waals surface area (Å²) >= 11 is -1.71. The van der Waals surface area contributed by atoms with Gasteiger partial charge in [-0.1, -0.05) is 12.2 Å². The minimum Gasteiger partial charge on any atom is -0.367 e. The number of Topliss-reactive ketones (excluding diaryl/α,β-unsaturated/α-hetero) is 1. The van der Waals surface area contributed by atoms with Gasteiger partial charge in [0.05, 0.1) is 5.56 Å². The number of nitrogens with one attached hydrogen (secondary N) is 1. The molecule has 1 atom stereocenters. The molecular weight excluding hydrogens is 295 g/mol. The van der Waals surface area contributed by atoms with E-state index in [2.05, 4.69) is 5.32 Å². The van der Waals surface area contributed by atoms with Gasteiger partial charge in [-0.2, -0.15) is 13.2 Å². The Labute approximate surface area is 115 Å². The molecule has 9 heteroatoms. The van der Waals surface area contributed by atoms with Gasteiger partial charge in [0, 0.05) is 32.4 Å². The Morgan fingerprint density at radius 2 is 2.10 bits per heavy atom. The van der Waals surface area contributed by atoms with Crippen molar-refractivity contribution in [2.24, 2.45) is 0 Å². The molecule has 1 unspecified atom stereocenters. The van der Waals surface area contributed by atoms with Crippen molar-refractivity contribution in [1.82, 2.24) is 8.28 Å². The highest BCUT2D eigenvalue weighted by Crippen LogP contribution is 2.32. The number of alkyl halides is 3. The lowest BCUT2D eigenvalue weighted by Gasteiger charge is -2.16. The van der Waals surface area contributed by atoms with Gasteiger partial charge in [-0.3, -0.25) is 4.79 Å². The number of hydrogen-bond acceptors (Lipinski definition) is 3. The van der Waals surface area contributed by atoms with E-state index in [0.717, 1.165) is 10.2 Å². The molecule has 1 aromatic heterocycles. The Bertz CT molecular complexity index is 605. The SMILES string of the molecule is CN(C)S(=O)n1cc(C(=O)C(F)(F)F)c2c1NCC=C2. The summed E-state index contributed by atoms with van der Waals surface area (Å²) in [6, 6.07) is 0. The van der Waals surface area contributed by atoms with E-state index in [-0.39, 0.29) is 11.4 Å². The molecule has 0 radical (unpaired) electrons. The summed E-state index contributed by atoms with van der Waals surface area (Å²) in [4.78, 5) is 11.4. The summed E-state index contributed by atoms with van der Waals surface area (Å²) in [6.45, 7) is 0.390. The molecule has 1 N–H and O–H groups in total. The molecule has 0 bridgehead atoms. The van der Waals surface area contributed by atoms with Crippen LogP contribution in [0.5, 0.6) is 0 Å². The first-order valence-electron chi connectivity index (χ1n) is 5.60. The molecule has 0 spiro atoms. The molecule has 110 valence electrons. The van der Waals surface area contributed by atoms with Gasteiger partial charge in [0.15, 0.2) is 0 Å². The largest absolute Gasteiger partial charge is 0.454 e. The van der Waals surface area contributed by atoms with E-state index in [4.69, 9.17) is 0 Å². The number of ketones is 1. The van der Waals surface area contributed by atoms with Gasteiger partial charge in [-0.15, -0.1) is 0 Å². The van der Waals surface area contributed by atoms with E-state index in [0.29, 0.717) is 6.54 Å². The average Bonchev–Trinajstić information content (AvgIpc) is 2.75. The van der Waals surface area contributed by atoms with Crippen LogP contribution in [-0.2, 0) is 11.2 Å². The van der Waals surface area contributed by atoms with Crippen molar-refractivity contribution in [2.45, 2.75) is 6.18 Å². The van der Waals surface area contributed by atoms with E-state index in [9.17, 15) is 22.2 Å². The monoisotopic (exact) mass is 307 g/mol. The fraction of sp³-hybridized carbons (Fsp3) is 0.364. The molecule has 0 saturated carbocycles. The first-order valence-corrected chi connectivity index (χ1v) is 6.67. The Morgan fingerprint density at radius 3 is 2.65 bits per heavy atom. The van der Waals surface area contributed by atoms with Crippen LogP contribution in [0.1, 0.15) is 15.9 Å². The predicted octanol–water partition coefficient (Wildman–Crippen LogP) is 1.66. The van der Waals surface area contributed by atoms with Crippen molar-refractivity contribution in [3.8, 4) is 0 Å². The second-order valence-electron chi connectivity index (χ2n) is 4.28. The minimum atomic E-state index is -4.97. The van der Waals surface area contributed by atoms with E-state index in [1.807, 2.05) is 0 Å². The molecule has 1 aromatic rings. The molecule has 5 nitrogen and oxygen atoms in total. The number of anilines is 1. The maximum Gasteiger partial charge on any atom is 0.454 e. The third-order valence-electron chi connectivity index (χ3n) is 2.67. The second kappa shape index (κ2) is 5.06. The number of rotatable bonds is 3. The minimum absolute atomic E-state index is 0.105. The van der Waals surface area contributed by atoms with Gasteiger partial charge in [0.25, 0.3) is 5.78 Å². The zero-order chi connectivity index (χ0) is 15.1. The number of hydrogen-bond donors (Lipinski definition) is 1. The van der Waals surface area contributed by atoms with Gasteiger partial charge in [0.2, 0.25) is 11.2 Å². The summed E-state index contributed by atoms with van der Waals surface area (Å²) in [7, 11) is 3.04. The van der Waals surface area contributed by atoms with E-state index in [1.165, 1.54) is 24.5 Å². The topological polar surface area (TPSA) is 54.3 Å². The second-order valence-corrected chi connectivity index (χ2v) is 5.87. The molecule has 0 aliphatic carbocycles. The van der Waals surface area contributed by atoms with Crippen molar-refractivity contribution in [3.05, 3.63) is 23.4 Å². The third-order valence-corrected chi connectivity index (χ3v) is 3.92. The lowest BCUT2D eigenvalue weighted by molar-refractivity contribution is -0.0885. The fourth-order valence-electron chi connectivity index (χ4n) is 1.80. The molecule has 0 amide bonds. The smallest absolute Gasteiger partial charge is 0.367 e. The fourth-order valence-corrected chi connectivity index (χ4v) is 2.67. The average molecular weight is 307 g/mol. The molecule has 1 aliphatic heterocycles. The summed E-state index contributed by atoms with van der Waals surface area (Å²) in [6.07, 6.45) is -0.976. The van der Waals surface area contributed by atoms with Crippen molar-refractivity contribution in [1.29, 1.82) is 0 Å². The Morgan fingerprint density at radius 1 is 1.45 bits per heavy atom. The summed E-state index contributed by atoms with van der Waals surface area (Å²) in [5.74, 6) is -1.70. The normalized spacial score (nSPS) is 15.9. The molecule has 20 heavy (non-hydrogen) atoms. The van der Waals surface area contributed by atoms with Crippen molar-refractivity contribution in [3.63, 3.8) is 0 Å². The Hall–Kier alpha value is -1.61. The zero-order valence-electron chi connectivity index (χ0n) is 10.7. The first-order chi connectivity index (χ1) is 9.23. The quantitative estimate of drug-likeness (QED) is 0.864. The van der Waals surface area contributed by atoms with Crippen LogP contribution in [0.15, 0.2) is 12.3 Å². The Kier molecular flexibility index (Phi) is 3.74. The van der Waals surface area contributed by atoms with Crippen LogP contribution < -0.4 is 5.32 Å². The van der Waals surface area contributed by atoms with Crippen LogP contribution in [0, 0.1) is 0 Å². The van der Waals surface area contributed by atoms with Gasteiger partial charge < -0.3 is 5.32 Å². The van der Waals surface area contributed by atoms with Crippen LogP contribution in [0.2, 0.25) is 0 Å². The van der Waals surface area contributed by atoms with Gasteiger partial charge >= 0.3 is 6.18 Å². The lowest BCUT2D eigenvalue weighted by Crippen LogP contribution is -2.24. The standard InChI is InChI=1S/C11H12F3N3O2S/c1-16(2)20(19)17-6-8(9(18)11(12,13)14)7-4-3-5-15-10(7)17/h3-4,6,15H,5H2,1-2H3. The van der Waals surface area contributed by atoms with Gasteiger partial charge in [0.1, 0.15) is 5.82 Å². The number of aromatic nitrogens is 1. The Balaban J connectivity index is 2.59. The van der Waals surface area contributed by atoms with Crippen LogP contribution in [0.25, 0.3) is 6.08 Å². The number of fused-ring (bicyclic) bond motifs is 1. The first kappa shape index (κ1) is 14.8. The molecule has 2 heterocycles. The molecule has 0 saturated heterocycles. The zero-order valence-corrected chi connectivity index (χ0v) is 11.5. The number of halogens is 3. The van der Waals surface area contributed by atoms with Gasteiger partial charge in [-0.05, 0) is 0 Å². The van der Waals surface area contributed by atoms with E-state index < -0.39 is 28.7 Å². The van der Waals surface area contributed by atoms with Crippen LogP contribution in [0.4, 0.5) is 19.0 Å². The van der Waals surface area contributed by atoms with Crippen molar-refractivity contribution < 1.29 is 22.2 Å². The number of carbonyl (C=O) groups excluding carboxylic acids is 1. The highest BCUT2D eigenvalue weighted by molar-refractivity contribution is 7.81. The number of nitrogens with zero attached hydrogens (tertiary/aromatic N) is 2. The third kappa shape index (κ3) is 2.50. The lowest BCUT2D eigenvalue weighted by atomic mass is 10.1. The maximum atomic E-state index is 12.6. The molecular formula is C11H12F3N3O2S.